The number of rotatable bonds is 5. The Morgan fingerprint density at radius 1 is 1.05 bits per heavy atom. The maximum atomic E-state index is 12.3. The Morgan fingerprint density at radius 3 is 1.95 bits per heavy atom. The van der Waals surface area contributed by atoms with E-state index in [-0.39, 0.29) is 17.9 Å². The lowest BCUT2D eigenvalue weighted by Crippen LogP contribution is -2.45. The Labute approximate surface area is 114 Å². The lowest BCUT2D eigenvalue weighted by Gasteiger charge is -2.28. The number of hydrogen-bond acceptors (Lipinski definition) is 3. The van der Waals surface area contributed by atoms with Gasteiger partial charge in [0.15, 0.2) is 0 Å². The molecule has 0 aliphatic carbocycles. The number of imide groups is 1. The van der Waals surface area contributed by atoms with Crippen LogP contribution in [0.5, 0.6) is 0 Å². The molecule has 0 saturated carbocycles. The van der Waals surface area contributed by atoms with Crippen LogP contribution >= 0.6 is 0 Å². The summed E-state index contributed by atoms with van der Waals surface area (Å²) in [4.78, 5) is 28.2. The first-order valence-electron chi connectivity index (χ1n) is 6.79. The third-order valence-corrected chi connectivity index (χ3v) is 3.68. The standard InChI is InChI=1S/C15H20N2O2/c1-4-16(5-2)10-11(3)17-14(18)12-8-6-7-9-13(12)15(17)19/h6-9,11H,4-5,10H2,1-3H3/t11-/m0/s1. The molecule has 0 spiro atoms. The van der Waals surface area contributed by atoms with E-state index in [0.717, 1.165) is 19.6 Å². The van der Waals surface area contributed by atoms with Crippen molar-refractivity contribution in [3.63, 3.8) is 0 Å². The second-order valence-corrected chi connectivity index (χ2v) is 4.86. The van der Waals surface area contributed by atoms with Gasteiger partial charge in [-0.05, 0) is 32.1 Å². The predicted molar refractivity (Wildman–Crippen MR) is 74.2 cm³/mol. The summed E-state index contributed by atoms with van der Waals surface area (Å²) in [5.41, 5.74) is 1.05. The Morgan fingerprint density at radius 2 is 1.53 bits per heavy atom. The molecule has 102 valence electrons. The fourth-order valence-corrected chi connectivity index (χ4v) is 2.55. The summed E-state index contributed by atoms with van der Waals surface area (Å²) in [7, 11) is 0. The highest BCUT2D eigenvalue weighted by Gasteiger charge is 2.38. The van der Waals surface area contributed by atoms with Gasteiger partial charge in [0.05, 0.1) is 17.2 Å². The molecule has 0 fully saturated rings. The maximum Gasteiger partial charge on any atom is 0.261 e. The molecule has 19 heavy (non-hydrogen) atoms. The molecule has 0 saturated heterocycles. The van der Waals surface area contributed by atoms with Gasteiger partial charge in [-0.3, -0.25) is 14.5 Å². The van der Waals surface area contributed by atoms with Gasteiger partial charge in [-0.25, -0.2) is 0 Å². The molecule has 2 amide bonds. The molecule has 0 radical (unpaired) electrons. The Hall–Kier alpha value is -1.68. The quantitative estimate of drug-likeness (QED) is 0.760. The van der Waals surface area contributed by atoms with Crippen molar-refractivity contribution < 1.29 is 9.59 Å². The summed E-state index contributed by atoms with van der Waals surface area (Å²) < 4.78 is 0. The van der Waals surface area contributed by atoms with Crippen LogP contribution in [-0.2, 0) is 0 Å². The highest BCUT2D eigenvalue weighted by Crippen LogP contribution is 2.24. The third-order valence-electron chi connectivity index (χ3n) is 3.68. The molecule has 0 aromatic heterocycles. The number of fused-ring (bicyclic) bond motifs is 1. The second kappa shape index (κ2) is 5.53. The summed E-state index contributed by atoms with van der Waals surface area (Å²) in [6, 6.07) is 6.93. The average Bonchev–Trinajstić information content (AvgIpc) is 2.69. The number of nitrogens with zero attached hydrogens (tertiary/aromatic N) is 2. The molecule has 0 N–H and O–H groups in total. The summed E-state index contributed by atoms with van der Waals surface area (Å²) in [6.07, 6.45) is 0. The van der Waals surface area contributed by atoms with Crippen LogP contribution in [-0.4, -0.2) is 47.3 Å². The van der Waals surface area contributed by atoms with Gasteiger partial charge in [0, 0.05) is 6.54 Å². The SMILES string of the molecule is CCN(CC)C[C@H](C)N1C(=O)c2ccccc2C1=O. The van der Waals surface area contributed by atoms with Crippen molar-refractivity contribution in [1.29, 1.82) is 0 Å². The van der Waals surface area contributed by atoms with Gasteiger partial charge in [-0.2, -0.15) is 0 Å². The van der Waals surface area contributed by atoms with Crippen molar-refractivity contribution in [3.8, 4) is 0 Å². The smallest absolute Gasteiger partial charge is 0.261 e. The van der Waals surface area contributed by atoms with E-state index in [9.17, 15) is 9.59 Å². The van der Waals surface area contributed by atoms with Crippen LogP contribution in [0.4, 0.5) is 0 Å². The van der Waals surface area contributed by atoms with Crippen molar-refractivity contribution in [3.05, 3.63) is 35.4 Å². The molecule has 1 aliphatic rings. The Bertz CT molecular complexity index is 460. The molecule has 1 atom stereocenters. The zero-order valence-electron chi connectivity index (χ0n) is 11.7. The molecule has 1 aliphatic heterocycles. The van der Waals surface area contributed by atoms with E-state index in [1.807, 2.05) is 6.92 Å². The maximum absolute atomic E-state index is 12.3. The lowest BCUT2D eigenvalue weighted by molar-refractivity contribution is 0.0563. The first-order chi connectivity index (χ1) is 9.10. The monoisotopic (exact) mass is 260 g/mol. The first kappa shape index (κ1) is 13.7. The van der Waals surface area contributed by atoms with Crippen molar-refractivity contribution >= 4 is 11.8 Å². The van der Waals surface area contributed by atoms with Gasteiger partial charge < -0.3 is 4.90 Å². The van der Waals surface area contributed by atoms with Crippen LogP contribution in [0.25, 0.3) is 0 Å². The van der Waals surface area contributed by atoms with E-state index >= 15 is 0 Å². The molecule has 4 nitrogen and oxygen atoms in total. The summed E-state index contributed by atoms with van der Waals surface area (Å²) in [6.45, 7) is 8.66. The zero-order chi connectivity index (χ0) is 14.0. The minimum absolute atomic E-state index is 0.104. The number of amides is 2. The molecule has 4 heteroatoms. The van der Waals surface area contributed by atoms with Gasteiger partial charge in [0.2, 0.25) is 0 Å². The van der Waals surface area contributed by atoms with Gasteiger partial charge >= 0.3 is 0 Å². The number of carbonyl (C=O) groups excluding carboxylic acids is 2. The fraction of sp³-hybridized carbons (Fsp3) is 0.467. The van der Waals surface area contributed by atoms with E-state index in [2.05, 4.69) is 18.7 Å². The average molecular weight is 260 g/mol. The number of carbonyl (C=O) groups is 2. The third kappa shape index (κ3) is 2.40. The van der Waals surface area contributed by atoms with Crippen molar-refractivity contribution in [2.75, 3.05) is 19.6 Å². The van der Waals surface area contributed by atoms with Crippen LogP contribution < -0.4 is 0 Å². The molecule has 1 aromatic carbocycles. The fourth-order valence-electron chi connectivity index (χ4n) is 2.55. The van der Waals surface area contributed by atoms with E-state index in [4.69, 9.17) is 0 Å². The molecule has 0 unspecified atom stereocenters. The minimum atomic E-state index is -0.166. The van der Waals surface area contributed by atoms with Crippen LogP contribution in [0.15, 0.2) is 24.3 Å². The Balaban J connectivity index is 2.19. The number of benzene rings is 1. The zero-order valence-corrected chi connectivity index (χ0v) is 11.7. The van der Waals surface area contributed by atoms with Crippen molar-refractivity contribution in [2.45, 2.75) is 26.8 Å². The van der Waals surface area contributed by atoms with E-state index in [1.165, 1.54) is 4.90 Å². The number of hydrogen-bond donors (Lipinski definition) is 0. The molecule has 1 heterocycles. The van der Waals surface area contributed by atoms with Crippen molar-refractivity contribution in [2.24, 2.45) is 0 Å². The highest BCUT2D eigenvalue weighted by atomic mass is 16.2. The van der Waals surface area contributed by atoms with Crippen LogP contribution in [0.2, 0.25) is 0 Å². The topological polar surface area (TPSA) is 40.6 Å². The predicted octanol–water partition coefficient (Wildman–Crippen LogP) is 2.01. The van der Waals surface area contributed by atoms with E-state index < -0.39 is 0 Å². The van der Waals surface area contributed by atoms with Crippen LogP contribution in [0, 0.1) is 0 Å². The molecular formula is C15H20N2O2. The van der Waals surface area contributed by atoms with Crippen LogP contribution in [0.1, 0.15) is 41.5 Å². The number of likely N-dealkylation sites (N-methyl/N-ethyl adjacent to an activating group) is 1. The van der Waals surface area contributed by atoms with Gasteiger partial charge in [-0.1, -0.05) is 26.0 Å². The molecule has 2 rings (SSSR count). The van der Waals surface area contributed by atoms with E-state index in [0.29, 0.717) is 11.1 Å². The summed E-state index contributed by atoms with van der Waals surface area (Å²) in [5, 5.41) is 0. The minimum Gasteiger partial charge on any atom is -0.302 e. The highest BCUT2D eigenvalue weighted by molar-refractivity contribution is 6.21. The van der Waals surface area contributed by atoms with E-state index in [1.54, 1.807) is 24.3 Å². The lowest BCUT2D eigenvalue weighted by atomic mass is 10.1. The largest absolute Gasteiger partial charge is 0.302 e. The van der Waals surface area contributed by atoms with Gasteiger partial charge in [0.1, 0.15) is 0 Å². The molecule has 1 aromatic rings. The molecule has 0 bridgehead atoms. The van der Waals surface area contributed by atoms with Gasteiger partial charge in [0.25, 0.3) is 11.8 Å². The Kier molecular flexibility index (Phi) is 4.00. The first-order valence-corrected chi connectivity index (χ1v) is 6.79. The van der Waals surface area contributed by atoms with Crippen LogP contribution in [0.3, 0.4) is 0 Å². The van der Waals surface area contributed by atoms with Gasteiger partial charge in [-0.15, -0.1) is 0 Å². The second-order valence-electron chi connectivity index (χ2n) is 4.86. The normalized spacial score (nSPS) is 16.1. The summed E-state index contributed by atoms with van der Waals surface area (Å²) >= 11 is 0. The summed E-state index contributed by atoms with van der Waals surface area (Å²) in [5.74, 6) is -0.333. The molecular weight excluding hydrogens is 240 g/mol. The van der Waals surface area contributed by atoms with Crippen molar-refractivity contribution in [1.82, 2.24) is 9.80 Å².